The van der Waals surface area contributed by atoms with Crippen LogP contribution in [-0.2, 0) is 60.4 Å². The zero-order valence-corrected chi connectivity index (χ0v) is 33.3. The number of carboxylic acids is 2. The number of hydrogen-bond acceptors (Lipinski definition) is 8. The van der Waals surface area contributed by atoms with Gasteiger partial charge in [0, 0.05) is 24.6 Å². The Hall–Kier alpha value is -4.22. The summed E-state index contributed by atoms with van der Waals surface area (Å²) < 4.78 is 15.7. The van der Waals surface area contributed by atoms with Gasteiger partial charge in [0.25, 0.3) is 0 Å². The molecule has 8 nitrogen and oxygen atoms in total. The summed E-state index contributed by atoms with van der Waals surface area (Å²) >= 11 is 3.30. The first-order chi connectivity index (χ1) is 25.0. The molecule has 0 bridgehead atoms. The van der Waals surface area contributed by atoms with E-state index in [-0.39, 0.29) is 43.4 Å². The van der Waals surface area contributed by atoms with E-state index in [0.29, 0.717) is 11.1 Å². The van der Waals surface area contributed by atoms with Crippen molar-refractivity contribution in [1.82, 2.24) is 9.13 Å². The molecule has 11 heteroatoms. The molecular weight excluding hydrogens is 756 g/mol. The largest absolute Gasteiger partial charge is 2.00 e. The summed E-state index contributed by atoms with van der Waals surface area (Å²) in [5.74, 6) is -2.46. The third-order valence-corrected chi connectivity index (χ3v) is 11.2. The molecule has 0 saturated heterocycles. The van der Waals surface area contributed by atoms with Gasteiger partial charge in [-0.25, -0.2) is 0 Å². The molecule has 1 radical (unpaired) electrons. The summed E-state index contributed by atoms with van der Waals surface area (Å²) in [6.07, 6.45) is 0. The van der Waals surface area contributed by atoms with Gasteiger partial charge >= 0.3 is 17.1 Å². The van der Waals surface area contributed by atoms with Gasteiger partial charge < -0.3 is 38.4 Å². The van der Waals surface area contributed by atoms with Crippen molar-refractivity contribution in [2.45, 2.75) is 65.8 Å². The molecule has 281 valence electrons. The van der Waals surface area contributed by atoms with E-state index < -0.39 is 23.1 Å². The average Bonchev–Trinajstić information content (AvgIpc) is 3.93. The monoisotopic (exact) mass is 799 g/mol. The van der Waals surface area contributed by atoms with E-state index in [9.17, 15) is 19.8 Å². The second-order valence-corrected chi connectivity index (χ2v) is 14.5. The molecule has 0 saturated carbocycles. The van der Waals surface area contributed by atoms with Gasteiger partial charge in [-0.1, -0.05) is 60.7 Å². The first-order valence-electron chi connectivity index (χ1n) is 17.2. The second kappa shape index (κ2) is 18.2. The van der Waals surface area contributed by atoms with Crippen LogP contribution in [0.5, 0.6) is 0 Å². The fourth-order valence-electron chi connectivity index (χ4n) is 6.40. The van der Waals surface area contributed by atoms with E-state index in [2.05, 4.69) is 36.7 Å². The number of benzene rings is 2. The minimum atomic E-state index is -1.54. The number of aromatic nitrogens is 2. The SMILES string of the molecule is CCOC(Cn1c(C)ccc1-c1cc(C)cs1)(C(=O)[O-])c1ccccc1.CCOC(Cn1c(C)ccc1-c1cc(C)cs1)(C(=O)[O-])c1ccccc1.[Cu+2]. The third kappa shape index (κ3) is 8.95. The van der Waals surface area contributed by atoms with Crippen LogP contribution < -0.4 is 10.2 Å². The Balaban J connectivity index is 0.000000232. The van der Waals surface area contributed by atoms with Crippen LogP contribution in [0.25, 0.3) is 21.1 Å². The third-order valence-electron chi connectivity index (χ3n) is 9.05. The van der Waals surface area contributed by atoms with Crippen molar-refractivity contribution in [2.75, 3.05) is 13.2 Å². The van der Waals surface area contributed by atoms with Gasteiger partial charge in [-0.05, 0) is 111 Å². The molecule has 0 aliphatic rings. The summed E-state index contributed by atoms with van der Waals surface area (Å²) in [5.41, 5.74) is 4.40. The first-order valence-corrected chi connectivity index (χ1v) is 19.0. The number of ether oxygens (including phenoxy) is 2. The molecule has 53 heavy (non-hydrogen) atoms. The van der Waals surface area contributed by atoms with E-state index in [0.717, 1.165) is 32.5 Å². The van der Waals surface area contributed by atoms with Crippen LogP contribution >= 0.6 is 22.7 Å². The number of rotatable bonds is 14. The van der Waals surface area contributed by atoms with Crippen LogP contribution in [0, 0.1) is 27.7 Å². The molecule has 0 spiro atoms. The predicted octanol–water partition coefficient (Wildman–Crippen LogP) is 7.03. The van der Waals surface area contributed by atoms with E-state index in [1.54, 1.807) is 60.8 Å². The van der Waals surface area contributed by atoms with Crippen LogP contribution in [0.2, 0.25) is 0 Å². The molecule has 4 aromatic heterocycles. The minimum absolute atomic E-state index is 0. The number of hydrogen-bond donors (Lipinski definition) is 0. The second-order valence-electron chi connectivity index (χ2n) is 12.7. The normalized spacial score (nSPS) is 13.2. The summed E-state index contributed by atoms with van der Waals surface area (Å²) in [5, 5.41) is 28.7. The quantitative estimate of drug-likeness (QED) is 0.110. The fraction of sp³-hybridized carbons (Fsp3) is 0.286. The van der Waals surface area contributed by atoms with Gasteiger partial charge in [-0.15, -0.1) is 22.7 Å². The van der Waals surface area contributed by atoms with Gasteiger partial charge in [0.05, 0.1) is 46.2 Å². The Labute approximate surface area is 330 Å². The molecule has 0 aliphatic carbocycles. The smallest absolute Gasteiger partial charge is 0.547 e. The molecule has 4 heterocycles. The number of carboxylic acid groups (broad SMARTS) is 2. The number of nitrogens with zero attached hydrogens (tertiary/aromatic N) is 2. The van der Waals surface area contributed by atoms with Crippen molar-refractivity contribution in [3.8, 4) is 21.1 Å². The zero-order chi connectivity index (χ0) is 37.5. The summed E-state index contributed by atoms with van der Waals surface area (Å²) in [6, 6.07) is 30.4. The van der Waals surface area contributed by atoms with Gasteiger partial charge in [0.15, 0.2) is 0 Å². The van der Waals surface area contributed by atoms with Crippen LogP contribution in [0.1, 0.15) is 47.5 Å². The summed E-state index contributed by atoms with van der Waals surface area (Å²) in [7, 11) is 0. The number of thiophene rings is 2. The standard InChI is InChI=1S/2C21H23NO3S.Cu/c2*1-4-25-21(20(23)24,17-8-6-5-7-9-17)14-22-16(3)10-11-18(22)19-12-15(2)13-26-19;/h2*5-13H,4,14H2,1-3H3,(H,23,24);/q;;+2/p-2. The zero-order valence-electron chi connectivity index (χ0n) is 30.7. The van der Waals surface area contributed by atoms with Crippen LogP contribution in [0.15, 0.2) is 108 Å². The molecule has 6 rings (SSSR count). The first kappa shape index (κ1) is 41.5. The predicted molar refractivity (Wildman–Crippen MR) is 204 cm³/mol. The van der Waals surface area contributed by atoms with E-state index in [1.165, 1.54) is 11.1 Å². The Kier molecular flexibility index (Phi) is 14.3. The Morgan fingerprint density at radius 3 is 1.25 bits per heavy atom. The number of aliphatic carboxylic acids is 2. The molecule has 2 aromatic carbocycles. The van der Waals surface area contributed by atoms with Crippen molar-refractivity contribution in [2.24, 2.45) is 0 Å². The maximum Gasteiger partial charge on any atom is 2.00 e. The number of carbonyl (C=O) groups excluding carboxylic acids is 2. The fourth-order valence-corrected chi connectivity index (χ4v) is 8.26. The van der Waals surface area contributed by atoms with Crippen molar-refractivity contribution < 1.29 is 46.3 Å². The van der Waals surface area contributed by atoms with Crippen molar-refractivity contribution in [3.63, 3.8) is 0 Å². The van der Waals surface area contributed by atoms with E-state index in [4.69, 9.17) is 9.47 Å². The van der Waals surface area contributed by atoms with Crippen LogP contribution in [-0.4, -0.2) is 34.3 Å². The molecular formula is C42H44CuN2O6S2. The molecule has 0 amide bonds. The molecule has 0 N–H and O–H groups in total. The van der Waals surface area contributed by atoms with Crippen LogP contribution in [0.4, 0.5) is 0 Å². The number of carbonyl (C=O) groups is 2. The Morgan fingerprint density at radius 1 is 0.604 bits per heavy atom. The van der Waals surface area contributed by atoms with Crippen LogP contribution in [0.3, 0.4) is 0 Å². The van der Waals surface area contributed by atoms with Crippen molar-refractivity contribution >= 4 is 34.6 Å². The van der Waals surface area contributed by atoms with Gasteiger partial charge in [0.2, 0.25) is 0 Å². The summed E-state index contributed by atoms with van der Waals surface area (Å²) in [4.78, 5) is 26.7. The Morgan fingerprint density at radius 2 is 0.962 bits per heavy atom. The summed E-state index contributed by atoms with van der Waals surface area (Å²) in [6.45, 7) is 12.5. The average molecular weight is 801 g/mol. The van der Waals surface area contributed by atoms with Crippen molar-refractivity contribution in [3.05, 3.63) is 141 Å². The van der Waals surface area contributed by atoms with Crippen molar-refractivity contribution in [1.29, 1.82) is 0 Å². The molecule has 0 aliphatic heterocycles. The van der Waals surface area contributed by atoms with E-state index >= 15 is 0 Å². The maximum absolute atomic E-state index is 12.3. The molecule has 2 unspecified atom stereocenters. The van der Waals surface area contributed by atoms with E-state index in [1.807, 2.05) is 83.6 Å². The molecule has 0 fully saturated rings. The van der Waals surface area contributed by atoms with Gasteiger partial charge in [0.1, 0.15) is 11.2 Å². The van der Waals surface area contributed by atoms with Gasteiger partial charge in [-0.2, -0.15) is 0 Å². The van der Waals surface area contributed by atoms with Gasteiger partial charge in [-0.3, -0.25) is 0 Å². The molecule has 2 atom stereocenters. The topological polar surface area (TPSA) is 109 Å². The minimum Gasteiger partial charge on any atom is -0.547 e. The molecule has 6 aromatic rings. The Bertz CT molecular complexity index is 1950. The number of aryl methyl sites for hydroxylation is 4. The maximum atomic E-state index is 12.3.